The van der Waals surface area contributed by atoms with Crippen LogP contribution in [-0.4, -0.2) is 24.2 Å². The number of nitrogens with zero attached hydrogens (tertiary/aromatic N) is 1. The van der Waals surface area contributed by atoms with E-state index in [1.54, 1.807) is 6.92 Å². The van der Waals surface area contributed by atoms with Gasteiger partial charge in [0, 0.05) is 24.9 Å². The zero-order valence-electron chi connectivity index (χ0n) is 18.6. The van der Waals surface area contributed by atoms with Gasteiger partial charge in [-0.25, -0.2) is 4.79 Å². The van der Waals surface area contributed by atoms with E-state index in [9.17, 15) is 14.9 Å². The molecule has 0 fully saturated rings. The fraction of sp³-hybridized carbons (Fsp3) is 0.222. The maximum Gasteiger partial charge on any atom is 0.407 e. The van der Waals surface area contributed by atoms with Gasteiger partial charge in [0.15, 0.2) is 0 Å². The van der Waals surface area contributed by atoms with Crippen molar-refractivity contribution in [1.29, 1.82) is 0 Å². The van der Waals surface area contributed by atoms with Crippen LogP contribution in [0.2, 0.25) is 0 Å². The Kier molecular flexibility index (Phi) is 6.41. The normalized spacial score (nSPS) is 11.7. The Morgan fingerprint density at radius 2 is 1.70 bits per heavy atom. The van der Waals surface area contributed by atoms with Crippen molar-refractivity contribution in [3.8, 4) is 23.0 Å². The maximum atomic E-state index is 12.2. The molecule has 4 rings (SSSR count). The second kappa shape index (κ2) is 9.58. The summed E-state index contributed by atoms with van der Waals surface area (Å²) in [5.41, 5.74) is 6.67. The molecule has 0 aromatic heterocycles. The minimum Gasteiger partial charge on any atom is -0.449 e. The molecule has 1 N–H and O–H groups in total. The molecule has 0 radical (unpaired) electrons. The van der Waals surface area contributed by atoms with E-state index in [0.717, 1.165) is 22.3 Å². The first kappa shape index (κ1) is 22.1. The zero-order chi connectivity index (χ0) is 23.4. The van der Waals surface area contributed by atoms with Gasteiger partial charge in [-0.05, 0) is 47.2 Å². The van der Waals surface area contributed by atoms with Gasteiger partial charge in [0.25, 0.3) is 5.69 Å². The van der Waals surface area contributed by atoms with Gasteiger partial charge in [0.1, 0.15) is 12.2 Å². The number of nitrogens with one attached hydrogen (secondary N) is 1. The molecule has 0 heterocycles. The van der Waals surface area contributed by atoms with Crippen LogP contribution in [0.25, 0.3) is 11.1 Å². The van der Waals surface area contributed by atoms with Crippen molar-refractivity contribution >= 4 is 11.8 Å². The maximum absolute atomic E-state index is 12.2. The molecule has 1 aliphatic rings. The summed E-state index contributed by atoms with van der Waals surface area (Å²) in [6.07, 6.45) is -0.148. The molecule has 0 atom stereocenters. The van der Waals surface area contributed by atoms with E-state index in [2.05, 4.69) is 41.4 Å². The molecule has 6 nitrogen and oxygen atoms in total. The Balaban J connectivity index is 1.32. The second-order valence-corrected chi connectivity index (χ2v) is 8.04. The van der Waals surface area contributed by atoms with Crippen LogP contribution in [0.1, 0.15) is 40.2 Å². The predicted octanol–water partition coefficient (Wildman–Crippen LogP) is 5.49. The van der Waals surface area contributed by atoms with Crippen LogP contribution in [0.15, 0.2) is 60.7 Å². The standard InChI is InChI=1S/C27H24N2O4/c1-18-15-19(2)20(26(16-18)29(31)32)9-7-8-14-28-27(30)33-17-25-23-12-5-3-10-21(23)22-11-4-6-13-24(22)25/h3-6,10-13,15-16,25H,8,14,17H2,1-2H3,(H,28,30). The Labute approximate surface area is 192 Å². The smallest absolute Gasteiger partial charge is 0.407 e. The number of carbonyl (C=O) groups is 1. The predicted molar refractivity (Wildman–Crippen MR) is 127 cm³/mol. The number of amides is 1. The highest BCUT2D eigenvalue weighted by Crippen LogP contribution is 2.44. The van der Waals surface area contributed by atoms with E-state index >= 15 is 0 Å². The first-order valence-electron chi connectivity index (χ1n) is 10.8. The summed E-state index contributed by atoms with van der Waals surface area (Å²) >= 11 is 0. The number of fused-ring (bicyclic) bond motifs is 3. The monoisotopic (exact) mass is 440 g/mol. The quantitative estimate of drug-likeness (QED) is 0.246. The van der Waals surface area contributed by atoms with Gasteiger partial charge in [-0.15, -0.1) is 0 Å². The van der Waals surface area contributed by atoms with Crippen molar-refractivity contribution < 1.29 is 14.5 Å². The summed E-state index contributed by atoms with van der Waals surface area (Å²) in [5.74, 6) is 5.80. The van der Waals surface area contributed by atoms with E-state index in [1.165, 1.54) is 17.2 Å². The molecule has 0 unspecified atom stereocenters. The summed E-state index contributed by atoms with van der Waals surface area (Å²) in [6.45, 7) is 4.16. The number of nitro benzene ring substituents is 1. The molecule has 33 heavy (non-hydrogen) atoms. The first-order chi connectivity index (χ1) is 16.0. The summed E-state index contributed by atoms with van der Waals surface area (Å²) in [7, 11) is 0. The number of alkyl carbamates (subject to hydrolysis) is 1. The lowest BCUT2D eigenvalue weighted by Crippen LogP contribution is -2.26. The first-order valence-corrected chi connectivity index (χ1v) is 10.8. The SMILES string of the molecule is Cc1cc(C)c(C#CCCNC(=O)OCC2c3ccccc3-c3ccccc32)c([N+](=O)[O-])c1. The molecule has 3 aromatic rings. The van der Waals surface area contributed by atoms with E-state index in [4.69, 9.17) is 4.74 Å². The summed E-state index contributed by atoms with van der Waals surface area (Å²) < 4.78 is 5.50. The lowest BCUT2D eigenvalue weighted by atomic mass is 9.98. The van der Waals surface area contributed by atoms with Crippen LogP contribution in [0, 0.1) is 35.8 Å². The van der Waals surface area contributed by atoms with Crippen molar-refractivity contribution in [1.82, 2.24) is 5.32 Å². The number of rotatable bonds is 5. The van der Waals surface area contributed by atoms with Crippen molar-refractivity contribution in [3.63, 3.8) is 0 Å². The van der Waals surface area contributed by atoms with Crippen molar-refractivity contribution in [2.75, 3.05) is 13.2 Å². The molecule has 1 aliphatic carbocycles. The third-order valence-corrected chi connectivity index (χ3v) is 5.73. The van der Waals surface area contributed by atoms with Gasteiger partial charge in [-0.3, -0.25) is 10.1 Å². The van der Waals surface area contributed by atoms with Gasteiger partial charge in [0.2, 0.25) is 0 Å². The molecule has 3 aromatic carbocycles. The molecule has 0 spiro atoms. The average Bonchev–Trinajstić information content (AvgIpc) is 3.12. The number of carbonyl (C=O) groups excluding carboxylic acids is 1. The van der Waals surface area contributed by atoms with Crippen LogP contribution in [0.3, 0.4) is 0 Å². The topological polar surface area (TPSA) is 81.5 Å². The Morgan fingerprint density at radius 3 is 2.33 bits per heavy atom. The molecule has 0 saturated heterocycles. The fourth-order valence-electron chi connectivity index (χ4n) is 4.28. The molecule has 6 heteroatoms. The number of hydrogen-bond donors (Lipinski definition) is 1. The highest BCUT2D eigenvalue weighted by atomic mass is 16.6. The largest absolute Gasteiger partial charge is 0.449 e. The van der Waals surface area contributed by atoms with Crippen molar-refractivity contribution in [3.05, 3.63) is 98.6 Å². The number of hydrogen-bond acceptors (Lipinski definition) is 4. The molecular formula is C27H24N2O4. The van der Waals surface area contributed by atoms with Crippen LogP contribution >= 0.6 is 0 Å². The Morgan fingerprint density at radius 1 is 1.06 bits per heavy atom. The molecular weight excluding hydrogens is 416 g/mol. The summed E-state index contributed by atoms with van der Waals surface area (Å²) in [6, 6.07) is 19.7. The number of ether oxygens (including phenoxy) is 1. The molecule has 0 saturated carbocycles. The highest BCUT2D eigenvalue weighted by Gasteiger charge is 2.28. The van der Waals surface area contributed by atoms with Gasteiger partial charge in [0.05, 0.1) is 4.92 Å². The average molecular weight is 440 g/mol. The van der Waals surface area contributed by atoms with Gasteiger partial charge in [-0.2, -0.15) is 0 Å². The van der Waals surface area contributed by atoms with Crippen LogP contribution < -0.4 is 5.32 Å². The minimum atomic E-state index is -0.504. The molecule has 1 amide bonds. The van der Waals surface area contributed by atoms with Gasteiger partial charge >= 0.3 is 6.09 Å². The Hall–Kier alpha value is -4.11. The molecule has 0 bridgehead atoms. The third-order valence-electron chi connectivity index (χ3n) is 5.73. The van der Waals surface area contributed by atoms with Crippen LogP contribution in [0.5, 0.6) is 0 Å². The van der Waals surface area contributed by atoms with E-state index in [1.807, 2.05) is 37.3 Å². The summed E-state index contributed by atoms with van der Waals surface area (Å²) in [4.78, 5) is 23.1. The zero-order valence-corrected chi connectivity index (χ0v) is 18.6. The van der Waals surface area contributed by atoms with Crippen LogP contribution in [0.4, 0.5) is 10.5 Å². The molecule has 166 valence electrons. The number of aryl methyl sites for hydroxylation is 2. The van der Waals surface area contributed by atoms with E-state index < -0.39 is 11.0 Å². The van der Waals surface area contributed by atoms with Gasteiger partial charge < -0.3 is 10.1 Å². The Bertz CT molecular complexity index is 1240. The highest BCUT2D eigenvalue weighted by molar-refractivity contribution is 5.79. The second-order valence-electron chi connectivity index (χ2n) is 8.04. The van der Waals surface area contributed by atoms with Crippen LogP contribution in [-0.2, 0) is 4.74 Å². The molecule has 0 aliphatic heterocycles. The number of benzene rings is 3. The summed E-state index contributed by atoms with van der Waals surface area (Å²) in [5, 5.41) is 14.0. The van der Waals surface area contributed by atoms with Gasteiger partial charge in [-0.1, -0.05) is 66.4 Å². The number of nitro groups is 1. The minimum absolute atomic E-state index is 0.00416. The lowest BCUT2D eigenvalue weighted by Gasteiger charge is -2.14. The fourth-order valence-corrected chi connectivity index (χ4v) is 4.28. The lowest BCUT2D eigenvalue weighted by molar-refractivity contribution is -0.385. The van der Waals surface area contributed by atoms with Crippen molar-refractivity contribution in [2.24, 2.45) is 0 Å². The van der Waals surface area contributed by atoms with E-state index in [-0.39, 0.29) is 18.2 Å². The van der Waals surface area contributed by atoms with Crippen molar-refractivity contribution in [2.45, 2.75) is 26.2 Å². The van der Waals surface area contributed by atoms with E-state index in [0.29, 0.717) is 18.5 Å². The third kappa shape index (κ3) is 4.73.